The summed E-state index contributed by atoms with van der Waals surface area (Å²) in [4.78, 5) is 11.4. The largest absolute Gasteiger partial charge is 0.464 e. The number of esters is 1. The lowest BCUT2D eigenvalue weighted by atomic mass is 9.99. The Hall–Kier alpha value is -1.01. The number of hydrogen-bond donors (Lipinski definition) is 1. The van der Waals surface area contributed by atoms with Gasteiger partial charge in [0.15, 0.2) is 5.54 Å². The summed E-state index contributed by atoms with van der Waals surface area (Å²) in [7, 11) is 0. The third kappa shape index (κ3) is 1.44. The number of carbonyl (C=O) groups excluding carboxylic acids is 1. The zero-order chi connectivity index (χ0) is 9.03. The van der Waals surface area contributed by atoms with Crippen LogP contribution in [-0.4, -0.2) is 24.7 Å². The van der Waals surface area contributed by atoms with E-state index in [-0.39, 0.29) is 5.97 Å². The number of rotatable bonds is 2. The number of ether oxygens (including phenoxy) is 1. The first-order valence-corrected chi connectivity index (χ1v) is 4.15. The number of carbonyl (C=O) groups is 1. The predicted molar refractivity (Wildman–Crippen MR) is 45.4 cm³/mol. The zero-order valence-corrected chi connectivity index (χ0v) is 7.22. The molecule has 3 heteroatoms. The van der Waals surface area contributed by atoms with Crippen LogP contribution in [0, 0.1) is 12.3 Å². The Morgan fingerprint density at radius 2 is 2.58 bits per heavy atom. The van der Waals surface area contributed by atoms with E-state index < -0.39 is 5.54 Å². The van der Waals surface area contributed by atoms with Crippen LogP contribution in [0.1, 0.15) is 19.8 Å². The van der Waals surface area contributed by atoms with E-state index in [2.05, 4.69) is 11.2 Å². The van der Waals surface area contributed by atoms with Gasteiger partial charge in [-0.2, -0.15) is 0 Å². The van der Waals surface area contributed by atoms with Crippen LogP contribution in [0.4, 0.5) is 0 Å². The van der Waals surface area contributed by atoms with Gasteiger partial charge in [-0.05, 0) is 26.3 Å². The molecule has 12 heavy (non-hydrogen) atoms. The van der Waals surface area contributed by atoms with Gasteiger partial charge in [-0.3, -0.25) is 5.32 Å². The van der Waals surface area contributed by atoms with Gasteiger partial charge in [0.05, 0.1) is 6.61 Å². The second kappa shape index (κ2) is 3.59. The van der Waals surface area contributed by atoms with Crippen LogP contribution in [0.25, 0.3) is 0 Å². The smallest absolute Gasteiger partial charge is 0.338 e. The van der Waals surface area contributed by atoms with Crippen molar-refractivity contribution in [1.29, 1.82) is 0 Å². The van der Waals surface area contributed by atoms with E-state index in [1.165, 1.54) is 0 Å². The Morgan fingerprint density at radius 3 is 3.00 bits per heavy atom. The highest BCUT2D eigenvalue weighted by molar-refractivity contribution is 5.85. The highest BCUT2D eigenvalue weighted by atomic mass is 16.5. The van der Waals surface area contributed by atoms with Crippen LogP contribution in [0.15, 0.2) is 0 Å². The first-order chi connectivity index (χ1) is 5.75. The van der Waals surface area contributed by atoms with Gasteiger partial charge in [-0.1, -0.05) is 5.92 Å². The molecule has 0 aromatic rings. The molecule has 0 radical (unpaired) electrons. The molecule has 1 saturated heterocycles. The summed E-state index contributed by atoms with van der Waals surface area (Å²) in [5, 5.41) is 2.99. The third-order valence-corrected chi connectivity index (χ3v) is 2.03. The molecule has 1 aliphatic rings. The van der Waals surface area contributed by atoms with Crippen LogP contribution >= 0.6 is 0 Å². The van der Waals surface area contributed by atoms with Crippen molar-refractivity contribution in [3.05, 3.63) is 0 Å². The molecule has 0 bridgehead atoms. The van der Waals surface area contributed by atoms with E-state index in [4.69, 9.17) is 11.2 Å². The Bertz CT molecular complexity index is 211. The summed E-state index contributed by atoms with van der Waals surface area (Å²) in [6.07, 6.45) is 6.90. The molecule has 66 valence electrons. The third-order valence-electron chi connectivity index (χ3n) is 2.03. The monoisotopic (exact) mass is 167 g/mol. The normalized spacial score (nSPS) is 28.0. The average Bonchev–Trinajstić information content (AvgIpc) is 2.54. The molecule has 0 amide bonds. The maximum Gasteiger partial charge on any atom is 0.338 e. The van der Waals surface area contributed by atoms with Crippen molar-refractivity contribution in [3.63, 3.8) is 0 Å². The lowest BCUT2D eigenvalue weighted by Crippen LogP contribution is -2.47. The van der Waals surface area contributed by atoms with E-state index in [0.29, 0.717) is 13.0 Å². The van der Waals surface area contributed by atoms with E-state index >= 15 is 0 Å². The second-order valence-electron chi connectivity index (χ2n) is 2.80. The number of terminal acetylenes is 1. The van der Waals surface area contributed by atoms with Crippen molar-refractivity contribution >= 4 is 5.97 Å². The molecule has 3 nitrogen and oxygen atoms in total. The van der Waals surface area contributed by atoms with Gasteiger partial charge in [0.2, 0.25) is 0 Å². The lowest BCUT2D eigenvalue weighted by molar-refractivity contribution is -0.148. The fourth-order valence-electron chi connectivity index (χ4n) is 1.35. The molecule has 0 aromatic heterocycles. The fraction of sp³-hybridized carbons (Fsp3) is 0.667. The summed E-state index contributed by atoms with van der Waals surface area (Å²) in [6, 6.07) is 0. The van der Waals surface area contributed by atoms with Gasteiger partial charge >= 0.3 is 5.97 Å². The van der Waals surface area contributed by atoms with E-state index in [9.17, 15) is 4.79 Å². The number of hydrogen-bond acceptors (Lipinski definition) is 3. The van der Waals surface area contributed by atoms with E-state index in [1.807, 2.05) is 0 Å². The van der Waals surface area contributed by atoms with Gasteiger partial charge in [0.1, 0.15) is 0 Å². The molecule has 0 unspecified atom stereocenters. The molecule has 1 N–H and O–H groups in total. The average molecular weight is 167 g/mol. The van der Waals surface area contributed by atoms with E-state index in [1.54, 1.807) is 6.92 Å². The van der Waals surface area contributed by atoms with Crippen molar-refractivity contribution in [3.8, 4) is 12.3 Å². The van der Waals surface area contributed by atoms with Gasteiger partial charge in [-0.15, -0.1) is 6.42 Å². The summed E-state index contributed by atoms with van der Waals surface area (Å²) >= 11 is 0. The zero-order valence-electron chi connectivity index (χ0n) is 7.22. The van der Waals surface area contributed by atoms with Crippen LogP contribution in [0.2, 0.25) is 0 Å². The molecular weight excluding hydrogens is 154 g/mol. The SMILES string of the molecule is C#C[C@]1(C(=O)OCC)CCCN1. The quantitative estimate of drug-likeness (QED) is 0.475. The molecule has 1 fully saturated rings. The minimum Gasteiger partial charge on any atom is -0.464 e. The summed E-state index contributed by atoms with van der Waals surface area (Å²) in [5.41, 5.74) is -0.837. The maximum absolute atomic E-state index is 11.4. The molecule has 0 aromatic carbocycles. The highest BCUT2D eigenvalue weighted by Crippen LogP contribution is 2.19. The maximum atomic E-state index is 11.4. The van der Waals surface area contributed by atoms with Crippen LogP contribution in [-0.2, 0) is 9.53 Å². The van der Waals surface area contributed by atoms with Crippen molar-refractivity contribution < 1.29 is 9.53 Å². The summed E-state index contributed by atoms with van der Waals surface area (Å²) < 4.78 is 4.88. The fourth-order valence-corrected chi connectivity index (χ4v) is 1.35. The van der Waals surface area contributed by atoms with Crippen molar-refractivity contribution in [2.45, 2.75) is 25.3 Å². The van der Waals surface area contributed by atoms with Gasteiger partial charge in [0, 0.05) is 0 Å². The topological polar surface area (TPSA) is 38.3 Å². The molecule has 1 atom stereocenters. The highest BCUT2D eigenvalue weighted by Gasteiger charge is 2.40. The Labute approximate surface area is 72.5 Å². The van der Waals surface area contributed by atoms with Crippen LogP contribution in [0.3, 0.4) is 0 Å². The lowest BCUT2D eigenvalue weighted by Gasteiger charge is -2.19. The van der Waals surface area contributed by atoms with Gasteiger partial charge < -0.3 is 4.74 Å². The molecule has 1 heterocycles. The van der Waals surface area contributed by atoms with Crippen LogP contribution in [0.5, 0.6) is 0 Å². The molecule has 0 spiro atoms. The van der Waals surface area contributed by atoms with Gasteiger partial charge in [0.25, 0.3) is 0 Å². The van der Waals surface area contributed by atoms with Crippen molar-refractivity contribution in [1.82, 2.24) is 5.32 Å². The predicted octanol–water partition coefficient (Wildman–Crippen LogP) is 0.305. The summed E-state index contributed by atoms with van der Waals surface area (Å²) in [5.74, 6) is 2.16. The van der Waals surface area contributed by atoms with Gasteiger partial charge in [-0.25, -0.2) is 4.79 Å². The first kappa shape index (κ1) is 9.08. The summed E-state index contributed by atoms with van der Waals surface area (Å²) in [6.45, 7) is 2.95. The molecule has 1 aliphatic heterocycles. The molecule has 0 saturated carbocycles. The second-order valence-corrected chi connectivity index (χ2v) is 2.80. The minimum absolute atomic E-state index is 0.315. The minimum atomic E-state index is -0.837. The first-order valence-electron chi connectivity index (χ1n) is 4.15. The van der Waals surface area contributed by atoms with Crippen molar-refractivity contribution in [2.24, 2.45) is 0 Å². The van der Waals surface area contributed by atoms with E-state index in [0.717, 1.165) is 13.0 Å². The Morgan fingerprint density at radius 1 is 1.83 bits per heavy atom. The Balaban J connectivity index is 2.67. The number of nitrogens with one attached hydrogen (secondary N) is 1. The molecule has 1 rings (SSSR count). The Kier molecular flexibility index (Phi) is 2.72. The molecule has 0 aliphatic carbocycles. The molecular formula is C9H13NO2. The standard InChI is InChI=1S/C9H13NO2/c1-3-9(6-5-7-10-9)8(11)12-4-2/h1,10H,4-7H2,2H3/t9-/m1/s1. The van der Waals surface area contributed by atoms with Crippen LogP contribution < -0.4 is 5.32 Å². The van der Waals surface area contributed by atoms with Crippen molar-refractivity contribution in [2.75, 3.05) is 13.2 Å².